The second-order valence-corrected chi connectivity index (χ2v) is 6.80. The molecule has 2 N–H and O–H groups in total. The first kappa shape index (κ1) is 15.5. The second kappa shape index (κ2) is 5.48. The first-order valence-electron chi connectivity index (χ1n) is 6.67. The largest absolute Gasteiger partial charge is 0.481 e. The molecule has 0 unspecified atom stereocenters. The summed E-state index contributed by atoms with van der Waals surface area (Å²) in [4.78, 5) is 24.5. The van der Waals surface area contributed by atoms with Crippen LogP contribution in [0.25, 0.3) is 10.2 Å². The Labute approximate surface area is 126 Å². The molecule has 0 spiro atoms. The van der Waals surface area contributed by atoms with E-state index in [2.05, 4.69) is 10.4 Å². The van der Waals surface area contributed by atoms with Crippen molar-refractivity contribution in [3.05, 3.63) is 16.6 Å². The Hall–Kier alpha value is -1.89. The molecular formula is C14H19N3O3S. The summed E-state index contributed by atoms with van der Waals surface area (Å²) in [7, 11) is 1.85. The maximum atomic E-state index is 12.3. The van der Waals surface area contributed by atoms with Crippen molar-refractivity contribution >= 4 is 33.4 Å². The number of aromatic nitrogens is 2. The third-order valence-electron chi connectivity index (χ3n) is 3.34. The standard InChI is InChI=1S/C14H19N3O3S/c1-8-9-7-10(21-13(9)17(4)16-8)12(20)15-14(2,3)6-5-11(18)19/h7H,5-6H2,1-4H3,(H,15,20)(H,18,19). The quantitative estimate of drug-likeness (QED) is 0.887. The molecule has 0 saturated heterocycles. The lowest BCUT2D eigenvalue weighted by Crippen LogP contribution is -2.43. The lowest BCUT2D eigenvalue weighted by atomic mass is 9.98. The number of carbonyl (C=O) groups is 2. The zero-order valence-corrected chi connectivity index (χ0v) is 13.4. The Morgan fingerprint density at radius 2 is 2.14 bits per heavy atom. The lowest BCUT2D eigenvalue weighted by Gasteiger charge is -2.25. The van der Waals surface area contributed by atoms with Crippen LogP contribution in [0.5, 0.6) is 0 Å². The molecule has 2 aromatic rings. The highest BCUT2D eigenvalue weighted by atomic mass is 32.1. The predicted molar refractivity (Wildman–Crippen MR) is 81.7 cm³/mol. The number of nitrogens with zero attached hydrogens (tertiary/aromatic N) is 2. The molecule has 0 aliphatic rings. The van der Waals surface area contributed by atoms with E-state index in [1.807, 2.05) is 33.9 Å². The minimum absolute atomic E-state index is 0.0305. The normalized spacial score (nSPS) is 11.8. The van der Waals surface area contributed by atoms with Gasteiger partial charge < -0.3 is 10.4 Å². The van der Waals surface area contributed by atoms with Crippen LogP contribution in [0.15, 0.2) is 6.07 Å². The number of amides is 1. The molecule has 1 amide bonds. The molecule has 21 heavy (non-hydrogen) atoms. The predicted octanol–water partition coefficient (Wildman–Crippen LogP) is 2.32. The molecule has 0 atom stereocenters. The van der Waals surface area contributed by atoms with E-state index >= 15 is 0 Å². The van der Waals surface area contributed by atoms with E-state index in [4.69, 9.17) is 5.11 Å². The van der Waals surface area contributed by atoms with E-state index in [0.717, 1.165) is 15.9 Å². The molecule has 2 rings (SSSR count). The van der Waals surface area contributed by atoms with Gasteiger partial charge in [0.2, 0.25) is 0 Å². The van der Waals surface area contributed by atoms with Crippen LogP contribution < -0.4 is 5.32 Å². The van der Waals surface area contributed by atoms with Crippen LogP contribution >= 0.6 is 11.3 Å². The summed E-state index contributed by atoms with van der Waals surface area (Å²) in [5, 5.41) is 16.9. The fourth-order valence-electron chi connectivity index (χ4n) is 2.17. The Morgan fingerprint density at radius 3 is 2.71 bits per heavy atom. The summed E-state index contributed by atoms with van der Waals surface area (Å²) >= 11 is 1.39. The maximum Gasteiger partial charge on any atom is 0.303 e. The SMILES string of the molecule is Cc1nn(C)c2sc(C(=O)NC(C)(C)CCC(=O)O)cc12. The Balaban J connectivity index is 2.14. The van der Waals surface area contributed by atoms with Gasteiger partial charge in [-0.2, -0.15) is 5.10 Å². The molecule has 0 aliphatic heterocycles. The van der Waals surface area contributed by atoms with Crippen LogP contribution in [-0.2, 0) is 11.8 Å². The number of hydrogen-bond donors (Lipinski definition) is 2. The minimum Gasteiger partial charge on any atom is -0.481 e. The number of carboxylic acids is 1. The first-order chi connectivity index (χ1) is 9.69. The number of thiophene rings is 1. The zero-order valence-electron chi connectivity index (χ0n) is 12.6. The van der Waals surface area contributed by atoms with Gasteiger partial charge in [0.25, 0.3) is 5.91 Å². The van der Waals surface area contributed by atoms with Crippen molar-refractivity contribution in [2.45, 2.75) is 39.2 Å². The number of carboxylic acid groups (broad SMARTS) is 1. The maximum absolute atomic E-state index is 12.3. The van der Waals surface area contributed by atoms with E-state index in [1.165, 1.54) is 11.3 Å². The van der Waals surface area contributed by atoms with Gasteiger partial charge in [0.1, 0.15) is 4.83 Å². The number of aryl methyl sites for hydroxylation is 2. The molecule has 2 aromatic heterocycles. The minimum atomic E-state index is -0.860. The molecule has 114 valence electrons. The van der Waals surface area contributed by atoms with E-state index in [-0.39, 0.29) is 12.3 Å². The number of fused-ring (bicyclic) bond motifs is 1. The number of nitrogens with one attached hydrogen (secondary N) is 1. The summed E-state index contributed by atoms with van der Waals surface area (Å²) in [6.07, 6.45) is 0.419. The van der Waals surface area contributed by atoms with Crippen LogP contribution in [0.3, 0.4) is 0 Å². The average Bonchev–Trinajstić information content (AvgIpc) is 2.90. The first-order valence-corrected chi connectivity index (χ1v) is 7.49. The molecule has 0 radical (unpaired) electrons. The van der Waals surface area contributed by atoms with E-state index in [9.17, 15) is 9.59 Å². The molecule has 0 saturated carbocycles. The van der Waals surface area contributed by atoms with Gasteiger partial charge >= 0.3 is 5.97 Å². The lowest BCUT2D eigenvalue weighted by molar-refractivity contribution is -0.137. The van der Waals surface area contributed by atoms with Gasteiger partial charge in [0.15, 0.2) is 0 Å². The summed E-state index contributed by atoms with van der Waals surface area (Å²) in [6.45, 7) is 5.56. The number of hydrogen-bond acceptors (Lipinski definition) is 4. The third-order valence-corrected chi connectivity index (χ3v) is 4.54. The summed E-state index contributed by atoms with van der Waals surface area (Å²) in [5.41, 5.74) is 0.340. The summed E-state index contributed by atoms with van der Waals surface area (Å²) in [5.74, 6) is -1.04. The molecule has 0 bridgehead atoms. The van der Waals surface area contributed by atoms with Crippen molar-refractivity contribution in [3.63, 3.8) is 0 Å². The fourth-order valence-corrected chi connectivity index (χ4v) is 3.19. The van der Waals surface area contributed by atoms with Crippen LogP contribution in [0.1, 0.15) is 42.1 Å². The van der Waals surface area contributed by atoms with Crippen LogP contribution in [0.2, 0.25) is 0 Å². The van der Waals surface area contributed by atoms with Gasteiger partial charge in [-0.05, 0) is 33.3 Å². The van der Waals surface area contributed by atoms with Crippen molar-refractivity contribution in [1.29, 1.82) is 0 Å². The molecule has 6 nitrogen and oxygen atoms in total. The fraction of sp³-hybridized carbons (Fsp3) is 0.500. The van der Waals surface area contributed by atoms with Crippen molar-refractivity contribution in [2.75, 3.05) is 0 Å². The second-order valence-electron chi connectivity index (χ2n) is 5.77. The topological polar surface area (TPSA) is 84.2 Å². The van der Waals surface area contributed by atoms with Gasteiger partial charge in [-0.1, -0.05) is 0 Å². The van der Waals surface area contributed by atoms with Crippen LogP contribution in [-0.4, -0.2) is 32.3 Å². The molecule has 0 aromatic carbocycles. The van der Waals surface area contributed by atoms with E-state index < -0.39 is 11.5 Å². The third kappa shape index (κ3) is 3.41. The monoisotopic (exact) mass is 309 g/mol. The van der Waals surface area contributed by atoms with Gasteiger partial charge in [-0.15, -0.1) is 11.3 Å². The highest BCUT2D eigenvalue weighted by molar-refractivity contribution is 7.20. The van der Waals surface area contributed by atoms with Gasteiger partial charge in [-0.25, -0.2) is 0 Å². The molecule has 0 fully saturated rings. The molecule has 7 heteroatoms. The molecular weight excluding hydrogens is 290 g/mol. The Kier molecular flexibility index (Phi) is 4.04. The van der Waals surface area contributed by atoms with Crippen molar-refractivity contribution in [2.24, 2.45) is 7.05 Å². The van der Waals surface area contributed by atoms with Crippen LogP contribution in [0.4, 0.5) is 0 Å². The molecule has 2 heterocycles. The summed E-state index contributed by atoms with van der Waals surface area (Å²) in [6, 6.07) is 1.84. The summed E-state index contributed by atoms with van der Waals surface area (Å²) < 4.78 is 1.77. The Bertz CT molecular complexity index is 665. The smallest absolute Gasteiger partial charge is 0.303 e. The highest BCUT2D eigenvalue weighted by Gasteiger charge is 2.24. The number of rotatable bonds is 5. The molecule has 0 aliphatic carbocycles. The number of carbonyl (C=O) groups excluding carboxylic acids is 1. The average molecular weight is 309 g/mol. The highest BCUT2D eigenvalue weighted by Crippen LogP contribution is 2.28. The van der Waals surface area contributed by atoms with Crippen LogP contribution in [0, 0.1) is 6.92 Å². The van der Waals surface area contributed by atoms with Crippen molar-refractivity contribution in [3.8, 4) is 0 Å². The van der Waals surface area contributed by atoms with Crippen molar-refractivity contribution in [1.82, 2.24) is 15.1 Å². The van der Waals surface area contributed by atoms with Crippen molar-refractivity contribution < 1.29 is 14.7 Å². The van der Waals surface area contributed by atoms with E-state index in [1.54, 1.807) is 4.68 Å². The van der Waals surface area contributed by atoms with E-state index in [0.29, 0.717) is 11.3 Å². The van der Waals surface area contributed by atoms with Gasteiger partial charge in [0, 0.05) is 24.4 Å². The van der Waals surface area contributed by atoms with Gasteiger partial charge in [-0.3, -0.25) is 14.3 Å². The Morgan fingerprint density at radius 1 is 1.48 bits per heavy atom. The number of aliphatic carboxylic acids is 1. The zero-order chi connectivity index (χ0) is 15.8. The van der Waals surface area contributed by atoms with Gasteiger partial charge in [0.05, 0.1) is 10.6 Å².